The molecule has 0 bridgehead atoms. The highest BCUT2D eigenvalue weighted by Crippen LogP contribution is 2.22. The van der Waals surface area contributed by atoms with E-state index in [4.69, 9.17) is 9.47 Å². The van der Waals surface area contributed by atoms with E-state index >= 15 is 0 Å². The van der Waals surface area contributed by atoms with E-state index in [9.17, 15) is 9.59 Å². The first-order chi connectivity index (χ1) is 14.0. The van der Waals surface area contributed by atoms with E-state index < -0.39 is 0 Å². The fraction of sp³-hybridized carbons (Fsp3) is 0.130. The van der Waals surface area contributed by atoms with E-state index in [1.54, 1.807) is 67.8 Å². The molecule has 0 aliphatic carbocycles. The number of carbonyl (C=O) groups excluding carboxylic acids is 2. The number of methoxy groups -OCH3 is 2. The van der Waals surface area contributed by atoms with Crippen LogP contribution in [0.25, 0.3) is 0 Å². The molecule has 6 heteroatoms. The summed E-state index contributed by atoms with van der Waals surface area (Å²) in [4.78, 5) is 25.0. The van der Waals surface area contributed by atoms with Gasteiger partial charge in [-0.25, -0.2) is 0 Å². The van der Waals surface area contributed by atoms with Crippen LogP contribution in [0.5, 0.6) is 11.5 Å². The molecule has 0 aromatic heterocycles. The molecule has 0 radical (unpaired) electrons. The Bertz CT molecular complexity index is 1010. The monoisotopic (exact) mass is 390 g/mol. The van der Waals surface area contributed by atoms with Crippen LogP contribution in [0.15, 0.2) is 66.7 Å². The second kappa shape index (κ2) is 8.93. The van der Waals surface area contributed by atoms with Crippen molar-refractivity contribution in [3.63, 3.8) is 0 Å². The van der Waals surface area contributed by atoms with Gasteiger partial charge in [0.15, 0.2) is 0 Å². The lowest BCUT2D eigenvalue weighted by molar-refractivity contribution is 0.101. The third kappa shape index (κ3) is 4.93. The van der Waals surface area contributed by atoms with Gasteiger partial charge < -0.3 is 20.1 Å². The summed E-state index contributed by atoms with van der Waals surface area (Å²) in [5.74, 6) is 0.700. The second-order valence-electron chi connectivity index (χ2n) is 6.42. The molecule has 148 valence electrons. The Morgan fingerprint density at radius 3 is 1.90 bits per heavy atom. The molecular weight excluding hydrogens is 368 g/mol. The Morgan fingerprint density at radius 1 is 0.724 bits per heavy atom. The molecule has 0 heterocycles. The number of hydrogen-bond donors (Lipinski definition) is 2. The van der Waals surface area contributed by atoms with Crippen LogP contribution in [0, 0.1) is 6.92 Å². The number of anilines is 2. The molecule has 29 heavy (non-hydrogen) atoms. The molecule has 3 aromatic carbocycles. The molecule has 2 amide bonds. The number of carbonyl (C=O) groups is 2. The van der Waals surface area contributed by atoms with Crippen molar-refractivity contribution < 1.29 is 19.1 Å². The predicted octanol–water partition coefficient (Wildman–Crippen LogP) is 4.52. The highest BCUT2D eigenvalue weighted by molar-refractivity contribution is 6.07. The minimum Gasteiger partial charge on any atom is -0.497 e. The third-order valence-electron chi connectivity index (χ3n) is 4.35. The number of amides is 2. The summed E-state index contributed by atoms with van der Waals surface area (Å²) in [7, 11) is 3.11. The largest absolute Gasteiger partial charge is 0.497 e. The Morgan fingerprint density at radius 2 is 1.31 bits per heavy atom. The average molecular weight is 390 g/mol. The molecule has 2 N–H and O–H groups in total. The van der Waals surface area contributed by atoms with Gasteiger partial charge in [0.2, 0.25) is 0 Å². The quantitative estimate of drug-likeness (QED) is 0.649. The van der Waals surface area contributed by atoms with Crippen molar-refractivity contribution in [2.24, 2.45) is 0 Å². The van der Waals surface area contributed by atoms with Gasteiger partial charge in [-0.05, 0) is 67.6 Å². The van der Waals surface area contributed by atoms with Crippen LogP contribution in [0.1, 0.15) is 26.3 Å². The van der Waals surface area contributed by atoms with E-state index in [1.165, 1.54) is 7.11 Å². The molecule has 6 nitrogen and oxygen atoms in total. The van der Waals surface area contributed by atoms with Gasteiger partial charge >= 0.3 is 0 Å². The van der Waals surface area contributed by atoms with Gasteiger partial charge in [-0.15, -0.1) is 0 Å². The molecule has 3 aromatic rings. The summed E-state index contributed by atoms with van der Waals surface area (Å²) in [6.45, 7) is 1.91. The van der Waals surface area contributed by atoms with Crippen molar-refractivity contribution in [3.05, 3.63) is 83.4 Å². The van der Waals surface area contributed by atoms with Crippen LogP contribution >= 0.6 is 0 Å². The Balaban J connectivity index is 1.67. The zero-order valence-corrected chi connectivity index (χ0v) is 16.5. The van der Waals surface area contributed by atoms with Crippen molar-refractivity contribution in [2.45, 2.75) is 6.92 Å². The van der Waals surface area contributed by atoms with E-state index in [0.717, 1.165) is 5.56 Å². The molecule has 0 spiro atoms. The second-order valence-corrected chi connectivity index (χ2v) is 6.42. The van der Waals surface area contributed by atoms with Gasteiger partial charge in [-0.3, -0.25) is 9.59 Å². The zero-order chi connectivity index (χ0) is 20.8. The average Bonchev–Trinajstić information content (AvgIpc) is 2.74. The van der Waals surface area contributed by atoms with E-state index in [1.807, 2.05) is 13.0 Å². The summed E-state index contributed by atoms with van der Waals surface area (Å²) < 4.78 is 10.4. The Hall–Kier alpha value is -3.80. The van der Waals surface area contributed by atoms with Crippen molar-refractivity contribution in [1.82, 2.24) is 0 Å². The summed E-state index contributed by atoms with van der Waals surface area (Å²) in [6, 6.07) is 19.2. The lowest BCUT2D eigenvalue weighted by Gasteiger charge is -2.11. The molecule has 0 aliphatic heterocycles. The Labute approximate surface area is 169 Å². The molecule has 0 saturated heterocycles. The van der Waals surface area contributed by atoms with Crippen molar-refractivity contribution >= 4 is 23.2 Å². The van der Waals surface area contributed by atoms with Gasteiger partial charge in [-0.1, -0.05) is 11.6 Å². The van der Waals surface area contributed by atoms with Crippen molar-refractivity contribution in [1.29, 1.82) is 0 Å². The summed E-state index contributed by atoms with van der Waals surface area (Å²) in [5.41, 5.74) is 3.14. The van der Waals surface area contributed by atoms with E-state index in [0.29, 0.717) is 34.0 Å². The molecule has 0 atom stereocenters. The first-order valence-corrected chi connectivity index (χ1v) is 9.01. The standard InChI is InChI=1S/C23H22N2O4/c1-15-4-13-21(29-3)20(14-15)23(27)25-17-7-5-16(6-8-17)22(26)24-18-9-11-19(28-2)12-10-18/h4-14H,1-3H3,(H,24,26)(H,25,27). The molecule has 0 saturated carbocycles. The number of aryl methyl sites for hydroxylation is 1. The first-order valence-electron chi connectivity index (χ1n) is 9.01. The molecule has 0 unspecified atom stereocenters. The highest BCUT2D eigenvalue weighted by atomic mass is 16.5. The fourth-order valence-corrected chi connectivity index (χ4v) is 2.78. The predicted molar refractivity (Wildman–Crippen MR) is 113 cm³/mol. The maximum absolute atomic E-state index is 12.6. The van der Waals surface area contributed by atoms with E-state index in [-0.39, 0.29) is 11.8 Å². The van der Waals surface area contributed by atoms with Crippen LogP contribution in [0.2, 0.25) is 0 Å². The smallest absolute Gasteiger partial charge is 0.259 e. The minimum absolute atomic E-state index is 0.242. The summed E-state index contributed by atoms with van der Waals surface area (Å²) in [6.07, 6.45) is 0. The minimum atomic E-state index is -0.277. The maximum atomic E-state index is 12.6. The molecular formula is C23H22N2O4. The van der Waals surface area contributed by atoms with Gasteiger partial charge in [0.1, 0.15) is 11.5 Å². The van der Waals surface area contributed by atoms with Crippen molar-refractivity contribution in [3.8, 4) is 11.5 Å². The van der Waals surface area contributed by atoms with Crippen LogP contribution in [-0.2, 0) is 0 Å². The molecule has 0 fully saturated rings. The first kappa shape index (κ1) is 19.9. The maximum Gasteiger partial charge on any atom is 0.259 e. The topological polar surface area (TPSA) is 76.7 Å². The molecule has 3 rings (SSSR count). The lowest BCUT2D eigenvalue weighted by atomic mass is 10.1. The van der Waals surface area contributed by atoms with Gasteiger partial charge in [-0.2, -0.15) is 0 Å². The molecule has 0 aliphatic rings. The number of rotatable bonds is 6. The van der Waals surface area contributed by atoms with E-state index in [2.05, 4.69) is 10.6 Å². The van der Waals surface area contributed by atoms with Crippen LogP contribution < -0.4 is 20.1 Å². The van der Waals surface area contributed by atoms with Gasteiger partial charge in [0.25, 0.3) is 11.8 Å². The third-order valence-corrected chi connectivity index (χ3v) is 4.35. The van der Waals surface area contributed by atoms with Gasteiger partial charge in [0.05, 0.1) is 19.8 Å². The number of nitrogens with one attached hydrogen (secondary N) is 2. The normalized spacial score (nSPS) is 10.2. The zero-order valence-electron chi connectivity index (χ0n) is 16.5. The summed E-state index contributed by atoms with van der Waals surface area (Å²) in [5, 5.41) is 5.64. The van der Waals surface area contributed by atoms with Gasteiger partial charge in [0, 0.05) is 16.9 Å². The number of ether oxygens (including phenoxy) is 2. The number of benzene rings is 3. The highest BCUT2D eigenvalue weighted by Gasteiger charge is 2.13. The number of hydrogen-bond acceptors (Lipinski definition) is 4. The SMILES string of the molecule is COc1ccc(NC(=O)c2ccc(NC(=O)c3cc(C)ccc3OC)cc2)cc1. The van der Waals surface area contributed by atoms with Crippen LogP contribution in [0.4, 0.5) is 11.4 Å². The van der Waals surface area contributed by atoms with Crippen LogP contribution in [0.3, 0.4) is 0 Å². The van der Waals surface area contributed by atoms with Crippen LogP contribution in [-0.4, -0.2) is 26.0 Å². The fourth-order valence-electron chi connectivity index (χ4n) is 2.78. The summed E-state index contributed by atoms with van der Waals surface area (Å²) >= 11 is 0. The Kier molecular flexibility index (Phi) is 6.14. The van der Waals surface area contributed by atoms with Crippen molar-refractivity contribution in [2.75, 3.05) is 24.9 Å². The lowest BCUT2D eigenvalue weighted by Crippen LogP contribution is -2.14.